The molecule has 0 aliphatic heterocycles. The van der Waals surface area contributed by atoms with Gasteiger partial charge in [0.15, 0.2) is 0 Å². The lowest BCUT2D eigenvalue weighted by atomic mass is 10.0. The van der Waals surface area contributed by atoms with Gasteiger partial charge < -0.3 is 15.5 Å². The second-order valence-corrected chi connectivity index (χ2v) is 17.2. The number of unbranched alkanes of at least 4 members (excludes halogenated alkanes) is 37. The van der Waals surface area contributed by atoms with E-state index in [-0.39, 0.29) is 12.5 Å². The van der Waals surface area contributed by atoms with E-state index in [4.69, 9.17) is 0 Å². The van der Waals surface area contributed by atoms with Crippen molar-refractivity contribution in [1.29, 1.82) is 0 Å². The number of rotatable bonds is 46. The molecule has 2 unspecified atom stereocenters. The molecule has 0 rings (SSSR count). The number of carbonyl (C=O) groups excluding carboxylic acids is 1. The molecule has 0 heterocycles. The van der Waals surface area contributed by atoms with Crippen molar-refractivity contribution in [1.82, 2.24) is 5.32 Å². The molecule has 0 bridgehead atoms. The Balaban J connectivity index is 3.39. The van der Waals surface area contributed by atoms with E-state index in [0.29, 0.717) is 6.42 Å². The molecule has 3 N–H and O–H groups in total. The van der Waals surface area contributed by atoms with Crippen molar-refractivity contribution in [2.24, 2.45) is 0 Å². The van der Waals surface area contributed by atoms with E-state index in [1.165, 1.54) is 218 Å². The van der Waals surface area contributed by atoms with Crippen LogP contribution in [-0.2, 0) is 4.79 Å². The van der Waals surface area contributed by atoms with Crippen LogP contribution in [0.2, 0.25) is 0 Å². The minimum Gasteiger partial charge on any atom is -0.394 e. The largest absolute Gasteiger partial charge is 0.394 e. The average Bonchev–Trinajstić information content (AvgIpc) is 3.19. The second kappa shape index (κ2) is 47.2. The third-order valence-corrected chi connectivity index (χ3v) is 11.7. The summed E-state index contributed by atoms with van der Waals surface area (Å²) in [5, 5.41) is 23.0. The Morgan fingerprint density at radius 1 is 0.418 bits per heavy atom. The van der Waals surface area contributed by atoms with E-state index in [1.807, 2.05) is 6.08 Å². The fraction of sp³-hybridized carbons (Fsp3) is 0.902. The molecule has 0 aliphatic carbocycles. The molecule has 2 atom stereocenters. The number of hydrogen-bond acceptors (Lipinski definition) is 3. The van der Waals surface area contributed by atoms with Gasteiger partial charge in [-0.15, -0.1) is 0 Å². The molecule has 0 aromatic carbocycles. The summed E-state index contributed by atoms with van der Waals surface area (Å²) in [6, 6.07) is -0.623. The lowest BCUT2D eigenvalue weighted by molar-refractivity contribution is -0.123. The van der Waals surface area contributed by atoms with Crippen LogP contribution < -0.4 is 5.32 Å². The normalized spacial score (nSPS) is 13.0. The highest BCUT2D eigenvalue weighted by Gasteiger charge is 2.18. The monoisotopic (exact) mass is 774 g/mol. The molecule has 326 valence electrons. The zero-order valence-corrected chi connectivity index (χ0v) is 37.5. The van der Waals surface area contributed by atoms with Gasteiger partial charge in [-0.2, -0.15) is 0 Å². The van der Waals surface area contributed by atoms with E-state index >= 15 is 0 Å². The first-order chi connectivity index (χ1) is 27.2. The van der Waals surface area contributed by atoms with Crippen molar-refractivity contribution in [2.45, 2.75) is 289 Å². The summed E-state index contributed by atoms with van der Waals surface area (Å²) in [5.74, 6) is -0.0739. The lowest BCUT2D eigenvalue weighted by Crippen LogP contribution is -2.45. The molecule has 4 nitrogen and oxygen atoms in total. The number of aliphatic hydroxyl groups is 2. The van der Waals surface area contributed by atoms with Crippen LogP contribution in [0.3, 0.4) is 0 Å². The van der Waals surface area contributed by atoms with E-state index in [2.05, 4.69) is 31.3 Å². The van der Waals surface area contributed by atoms with Crippen LogP contribution >= 0.6 is 0 Å². The molecule has 0 spiro atoms. The molecule has 0 radical (unpaired) electrons. The molecule has 0 aromatic rings. The van der Waals surface area contributed by atoms with Gasteiger partial charge in [-0.3, -0.25) is 4.79 Å². The molecule has 0 aliphatic rings. The van der Waals surface area contributed by atoms with E-state index in [9.17, 15) is 15.0 Å². The van der Waals surface area contributed by atoms with Gasteiger partial charge in [-0.25, -0.2) is 0 Å². The number of aliphatic hydroxyl groups excluding tert-OH is 2. The van der Waals surface area contributed by atoms with Crippen LogP contribution in [0, 0.1) is 0 Å². The maximum atomic E-state index is 12.3. The molecular weight excluding hydrogens is 675 g/mol. The first kappa shape index (κ1) is 53.9. The van der Waals surface area contributed by atoms with Crippen molar-refractivity contribution in [3.8, 4) is 0 Å². The van der Waals surface area contributed by atoms with Crippen LogP contribution in [-0.4, -0.2) is 34.9 Å². The molecule has 0 aromatic heterocycles. The zero-order valence-electron chi connectivity index (χ0n) is 37.5. The lowest BCUT2D eigenvalue weighted by Gasteiger charge is -2.20. The Bertz CT molecular complexity index is 795. The predicted octanol–water partition coefficient (Wildman–Crippen LogP) is 16.0. The van der Waals surface area contributed by atoms with Gasteiger partial charge in [0.1, 0.15) is 0 Å². The van der Waals surface area contributed by atoms with E-state index < -0.39 is 12.1 Å². The van der Waals surface area contributed by atoms with Crippen LogP contribution in [0.1, 0.15) is 277 Å². The summed E-state index contributed by atoms with van der Waals surface area (Å²) in [6.07, 6.45) is 62.0. The fourth-order valence-corrected chi connectivity index (χ4v) is 7.83. The summed E-state index contributed by atoms with van der Waals surface area (Å²) < 4.78 is 0. The highest BCUT2D eigenvalue weighted by Crippen LogP contribution is 2.17. The second-order valence-electron chi connectivity index (χ2n) is 17.2. The summed E-state index contributed by atoms with van der Waals surface area (Å²) >= 11 is 0. The van der Waals surface area contributed by atoms with Crippen molar-refractivity contribution >= 4 is 5.91 Å². The third kappa shape index (κ3) is 43.8. The Morgan fingerprint density at radius 2 is 0.727 bits per heavy atom. The summed E-state index contributed by atoms with van der Waals surface area (Å²) in [6.45, 7) is 4.26. The zero-order chi connectivity index (χ0) is 40.0. The average molecular weight is 774 g/mol. The molecule has 0 saturated carbocycles. The van der Waals surface area contributed by atoms with Crippen molar-refractivity contribution < 1.29 is 15.0 Å². The topological polar surface area (TPSA) is 69.6 Å². The maximum absolute atomic E-state index is 12.3. The van der Waals surface area contributed by atoms with Gasteiger partial charge in [-0.1, -0.05) is 256 Å². The highest BCUT2D eigenvalue weighted by atomic mass is 16.3. The highest BCUT2D eigenvalue weighted by molar-refractivity contribution is 5.76. The SMILES string of the molecule is CCC/C=C\CCCCCCCC(=O)NC(CO)C(O)/C=C/CCCCCCCCCCCCCCCCCCCCCCCCCCCCCCCCC. The number of nitrogens with one attached hydrogen (secondary N) is 1. The number of hydrogen-bond donors (Lipinski definition) is 3. The fourth-order valence-electron chi connectivity index (χ4n) is 7.83. The van der Waals surface area contributed by atoms with Gasteiger partial charge >= 0.3 is 0 Å². The van der Waals surface area contributed by atoms with Crippen molar-refractivity contribution in [3.05, 3.63) is 24.3 Å². The Morgan fingerprint density at radius 3 is 1.07 bits per heavy atom. The molecule has 4 heteroatoms. The van der Waals surface area contributed by atoms with Gasteiger partial charge in [0.25, 0.3) is 0 Å². The van der Waals surface area contributed by atoms with Crippen LogP contribution in [0.5, 0.6) is 0 Å². The Kier molecular flexibility index (Phi) is 46.3. The molecule has 1 amide bonds. The maximum Gasteiger partial charge on any atom is 0.220 e. The first-order valence-corrected chi connectivity index (χ1v) is 25.1. The molecule has 0 saturated heterocycles. The van der Waals surface area contributed by atoms with Crippen molar-refractivity contribution in [2.75, 3.05) is 6.61 Å². The van der Waals surface area contributed by atoms with Gasteiger partial charge in [-0.05, 0) is 38.5 Å². The number of amides is 1. The smallest absolute Gasteiger partial charge is 0.220 e. The summed E-state index contributed by atoms with van der Waals surface area (Å²) in [4.78, 5) is 12.3. The summed E-state index contributed by atoms with van der Waals surface area (Å²) in [5.41, 5.74) is 0. The van der Waals surface area contributed by atoms with Crippen molar-refractivity contribution in [3.63, 3.8) is 0 Å². The molecular formula is C51H99NO3. The third-order valence-electron chi connectivity index (χ3n) is 11.7. The van der Waals surface area contributed by atoms with Gasteiger partial charge in [0, 0.05) is 6.42 Å². The minimum atomic E-state index is -0.840. The predicted molar refractivity (Wildman–Crippen MR) is 244 cm³/mol. The number of allylic oxidation sites excluding steroid dienone is 3. The van der Waals surface area contributed by atoms with Gasteiger partial charge in [0.2, 0.25) is 5.91 Å². The molecule has 0 fully saturated rings. The quantitative estimate of drug-likeness (QED) is 0.0426. The first-order valence-electron chi connectivity index (χ1n) is 25.1. The molecule has 55 heavy (non-hydrogen) atoms. The van der Waals surface area contributed by atoms with Crippen LogP contribution in [0.15, 0.2) is 24.3 Å². The minimum absolute atomic E-state index is 0.0739. The van der Waals surface area contributed by atoms with Crippen LogP contribution in [0.25, 0.3) is 0 Å². The van der Waals surface area contributed by atoms with E-state index in [1.54, 1.807) is 6.08 Å². The summed E-state index contributed by atoms with van der Waals surface area (Å²) in [7, 11) is 0. The number of carbonyl (C=O) groups is 1. The van der Waals surface area contributed by atoms with Gasteiger partial charge in [0.05, 0.1) is 18.8 Å². The Labute approximate surface area is 345 Å². The van der Waals surface area contributed by atoms with Crippen LogP contribution in [0.4, 0.5) is 0 Å². The standard InChI is InChI=1S/C51H99NO3/c1-3-5-7-9-11-13-15-16-17-18-19-20-21-22-23-24-25-26-27-28-29-30-31-32-33-34-35-36-37-38-40-42-44-46-50(54)49(48-53)52-51(55)47-45-43-41-39-14-12-10-8-6-4-2/h8,10,44,46,49-50,53-54H,3-7,9,11-43,45,47-48H2,1-2H3,(H,52,55)/b10-8-,46-44+. The Hall–Kier alpha value is -1.13. The van der Waals surface area contributed by atoms with E-state index in [0.717, 1.165) is 38.5 Å².